The summed E-state index contributed by atoms with van der Waals surface area (Å²) in [5, 5.41) is 12.8. The summed E-state index contributed by atoms with van der Waals surface area (Å²) in [6, 6.07) is 3.09. The summed E-state index contributed by atoms with van der Waals surface area (Å²) >= 11 is 0. The first-order valence-electron chi connectivity index (χ1n) is 3.96. The van der Waals surface area contributed by atoms with E-state index in [1.165, 1.54) is 18.5 Å². The fourth-order valence-electron chi connectivity index (χ4n) is 1.26. The van der Waals surface area contributed by atoms with Crippen molar-refractivity contribution >= 4 is 0 Å². The molecule has 60 valence electrons. The van der Waals surface area contributed by atoms with E-state index in [0.717, 1.165) is 0 Å². The molecule has 2 rings (SSSR count). The van der Waals surface area contributed by atoms with Crippen LogP contribution in [0.4, 0.5) is 0 Å². The summed E-state index contributed by atoms with van der Waals surface area (Å²) < 4.78 is 1.84. The van der Waals surface area contributed by atoms with Crippen molar-refractivity contribution in [2.75, 3.05) is 6.61 Å². The van der Waals surface area contributed by atoms with Crippen molar-refractivity contribution in [3.05, 3.63) is 18.0 Å². The smallest absolute Gasteiger partial charge is 0.429 e. The first-order chi connectivity index (χ1) is 5.42. The van der Waals surface area contributed by atoms with Crippen molar-refractivity contribution in [3.8, 4) is 0 Å². The number of hydrogen-bond acceptors (Lipinski definition) is 2. The maximum absolute atomic E-state index is 8.69. The summed E-state index contributed by atoms with van der Waals surface area (Å²) in [6.45, 7) is 0.768. The Morgan fingerprint density at radius 2 is 2.42 bits per heavy atom. The predicted octanol–water partition coefficient (Wildman–Crippen LogP) is -2.44. The fourth-order valence-corrected chi connectivity index (χ4v) is 1.26. The number of nitrogens with zero attached hydrogens (tertiary/aromatic N) is 2. The third-order valence-electron chi connectivity index (χ3n) is 1.96. The van der Waals surface area contributed by atoms with Crippen LogP contribution in [0.1, 0.15) is 24.5 Å². The first kappa shape index (κ1) is 10.9. The standard InChI is InChI=1S/C8H11N2O.K/c11-6-5-10-8(3-4-9-10)7-1-2-7;/h4,7,11H,1-2,5-6H2;/q-1;+1. The number of aromatic nitrogens is 2. The van der Waals surface area contributed by atoms with Gasteiger partial charge in [-0.25, -0.2) is 5.10 Å². The number of aliphatic hydroxyl groups excluding tert-OH is 1. The van der Waals surface area contributed by atoms with Gasteiger partial charge < -0.3 is 15.9 Å². The van der Waals surface area contributed by atoms with Gasteiger partial charge in [-0.2, -0.15) is 0 Å². The summed E-state index contributed by atoms with van der Waals surface area (Å²) in [5.74, 6) is 0.670. The Balaban J connectivity index is 0.000000720. The molecule has 1 aliphatic carbocycles. The zero-order chi connectivity index (χ0) is 7.68. The molecule has 1 fully saturated rings. The van der Waals surface area contributed by atoms with Crippen molar-refractivity contribution in [3.63, 3.8) is 0 Å². The topological polar surface area (TPSA) is 38.0 Å². The minimum absolute atomic E-state index is 0. The Morgan fingerprint density at radius 3 is 3.00 bits per heavy atom. The third kappa shape index (κ3) is 2.40. The molecule has 1 aromatic rings. The van der Waals surface area contributed by atoms with Crippen molar-refractivity contribution in [1.82, 2.24) is 9.78 Å². The quantitative estimate of drug-likeness (QED) is 0.425. The molecule has 1 heterocycles. The molecule has 1 saturated carbocycles. The van der Waals surface area contributed by atoms with Gasteiger partial charge in [0.15, 0.2) is 0 Å². The van der Waals surface area contributed by atoms with Crippen LogP contribution in [-0.4, -0.2) is 21.5 Å². The van der Waals surface area contributed by atoms with Gasteiger partial charge in [-0.05, 0) is 18.8 Å². The predicted molar refractivity (Wildman–Crippen MR) is 40.1 cm³/mol. The molecule has 0 spiro atoms. The van der Waals surface area contributed by atoms with Gasteiger partial charge >= 0.3 is 51.4 Å². The number of rotatable bonds is 3. The molecule has 0 radical (unpaired) electrons. The molecule has 0 bridgehead atoms. The van der Waals surface area contributed by atoms with Gasteiger partial charge in [0, 0.05) is 0 Å². The van der Waals surface area contributed by atoms with Crippen LogP contribution < -0.4 is 51.4 Å². The van der Waals surface area contributed by atoms with Gasteiger partial charge in [0.25, 0.3) is 0 Å². The Labute approximate surface area is 115 Å². The molecule has 3 nitrogen and oxygen atoms in total. The summed E-state index contributed by atoms with van der Waals surface area (Å²) in [6.07, 6.45) is 4.20. The maximum atomic E-state index is 8.69. The molecule has 0 saturated heterocycles. The van der Waals surface area contributed by atoms with Gasteiger partial charge in [0.05, 0.1) is 13.2 Å². The number of hydrogen-bond donors (Lipinski definition) is 1. The van der Waals surface area contributed by atoms with E-state index in [4.69, 9.17) is 5.11 Å². The van der Waals surface area contributed by atoms with E-state index in [1.807, 2.05) is 4.68 Å². The second-order valence-corrected chi connectivity index (χ2v) is 2.90. The van der Waals surface area contributed by atoms with Crippen molar-refractivity contribution < 1.29 is 56.5 Å². The van der Waals surface area contributed by atoms with Gasteiger partial charge in [0.1, 0.15) is 0 Å². The Bertz CT molecular complexity index is 245. The molecular weight excluding hydrogens is 179 g/mol. The van der Waals surface area contributed by atoms with Gasteiger partial charge in [-0.15, -0.1) is 11.9 Å². The molecule has 1 aliphatic rings. The van der Waals surface area contributed by atoms with Crippen LogP contribution in [0.3, 0.4) is 0 Å². The Morgan fingerprint density at radius 1 is 1.67 bits per heavy atom. The molecule has 0 unspecified atom stereocenters. The zero-order valence-corrected chi connectivity index (χ0v) is 10.4. The average Bonchev–Trinajstić information content (AvgIpc) is 2.75. The van der Waals surface area contributed by atoms with E-state index >= 15 is 0 Å². The second kappa shape index (κ2) is 4.88. The van der Waals surface area contributed by atoms with Gasteiger partial charge in [-0.1, -0.05) is 0 Å². The Kier molecular flexibility index (Phi) is 4.43. The second-order valence-electron chi connectivity index (χ2n) is 2.90. The zero-order valence-electron chi connectivity index (χ0n) is 7.32. The van der Waals surface area contributed by atoms with Crippen LogP contribution >= 0.6 is 0 Å². The van der Waals surface area contributed by atoms with Gasteiger partial charge in [0.2, 0.25) is 0 Å². The number of aliphatic hydroxyl groups is 1. The fraction of sp³-hybridized carbons (Fsp3) is 0.625. The van der Waals surface area contributed by atoms with Crippen LogP contribution in [-0.2, 0) is 6.54 Å². The summed E-state index contributed by atoms with van der Waals surface area (Å²) in [5.41, 5.74) is 1.17. The average molecular weight is 190 g/mol. The SMILES string of the molecule is OCCn1nc[c-]c1C1CC1.[K+]. The van der Waals surface area contributed by atoms with E-state index in [-0.39, 0.29) is 58.0 Å². The largest absolute Gasteiger partial charge is 1.00 e. The van der Waals surface area contributed by atoms with Crippen molar-refractivity contribution in [1.29, 1.82) is 0 Å². The molecule has 0 aliphatic heterocycles. The van der Waals surface area contributed by atoms with Crippen LogP contribution in [0, 0.1) is 6.07 Å². The molecule has 12 heavy (non-hydrogen) atoms. The normalized spacial score (nSPS) is 15.8. The van der Waals surface area contributed by atoms with E-state index in [0.29, 0.717) is 12.5 Å². The minimum Gasteiger partial charge on any atom is -0.429 e. The summed E-state index contributed by atoms with van der Waals surface area (Å²) in [7, 11) is 0. The van der Waals surface area contributed by atoms with Gasteiger partial charge in [-0.3, -0.25) is 0 Å². The van der Waals surface area contributed by atoms with Crippen LogP contribution in [0.2, 0.25) is 0 Å². The molecule has 1 N–H and O–H groups in total. The van der Waals surface area contributed by atoms with Crippen LogP contribution in [0.5, 0.6) is 0 Å². The Hall–Kier alpha value is 0.806. The molecule has 0 aromatic carbocycles. The molecule has 1 aromatic heterocycles. The molecule has 0 amide bonds. The monoisotopic (exact) mass is 190 g/mol. The van der Waals surface area contributed by atoms with Crippen molar-refractivity contribution in [2.45, 2.75) is 25.3 Å². The molecular formula is C8H11KN2O. The minimum atomic E-state index is 0. The van der Waals surface area contributed by atoms with E-state index in [1.54, 1.807) is 6.20 Å². The van der Waals surface area contributed by atoms with E-state index < -0.39 is 0 Å². The van der Waals surface area contributed by atoms with Crippen molar-refractivity contribution in [2.24, 2.45) is 0 Å². The van der Waals surface area contributed by atoms with Crippen LogP contribution in [0.15, 0.2) is 6.20 Å². The molecule has 4 heteroatoms. The molecule has 0 atom stereocenters. The van der Waals surface area contributed by atoms with E-state index in [9.17, 15) is 0 Å². The third-order valence-corrected chi connectivity index (χ3v) is 1.96. The first-order valence-corrected chi connectivity index (χ1v) is 3.96. The maximum Gasteiger partial charge on any atom is 1.00 e. The van der Waals surface area contributed by atoms with Crippen LogP contribution in [0.25, 0.3) is 0 Å². The summed E-state index contributed by atoms with van der Waals surface area (Å²) in [4.78, 5) is 0. The van der Waals surface area contributed by atoms with E-state index in [2.05, 4.69) is 11.2 Å².